The van der Waals surface area contributed by atoms with E-state index in [2.05, 4.69) is 141 Å². The third kappa shape index (κ3) is 7.07. The van der Waals surface area contributed by atoms with Crippen LogP contribution < -0.4 is 16.0 Å². The lowest BCUT2D eigenvalue weighted by Crippen LogP contribution is -2.29. The minimum atomic E-state index is 0.404. The molecule has 3 atom stereocenters. The summed E-state index contributed by atoms with van der Waals surface area (Å²) in [6, 6.07) is 40.0. The monoisotopic (exact) mass is 645 g/mol. The highest BCUT2D eigenvalue weighted by molar-refractivity contribution is 7.10. The second-order valence-electron chi connectivity index (χ2n) is 11.5. The fourth-order valence-electron chi connectivity index (χ4n) is 6.58. The molecule has 3 aliphatic heterocycles. The Morgan fingerprint density at radius 1 is 0.378 bits per heavy atom. The number of benzene rings is 3. The largest absolute Gasteiger partial charge is 0.306 e. The molecule has 0 saturated heterocycles. The van der Waals surface area contributed by atoms with Gasteiger partial charge in [0.15, 0.2) is 0 Å². The summed E-state index contributed by atoms with van der Waals surface area (Å²) in [5, 5.41) is 17.4. The minimum Gasteiger partial charge on any atom is -0.306 e. The van der Waals surface area contributed by atoms with Gasteiger partial charge >= 0.3 is 0 Å². The maximum absolute atomic E-state index is 3.58. The Morgan fingerprint density at radius 3 is 0.956 bits per heavy atom. The molecule has 228 valence electrons. The van der Waals surface area contributed by atoms with Crippen molar-refractivity contribution in [2.45, 2.75) is 37.4 Å². The highest BCUT2D eigenvalue weighted by atomic mass is 32.1. The van der Waals surface area contributed by atoms with Gasteiger partial charge in [-0.1, -0.05) is 91.0 Å². The molecule has 3 nitrogen and oxygen atoms in total. The summed E-state index contributed by atoms with van der Waals surface area (Å²) in [5.74, 6) is 0. The maximum atomic E-state index is 3.58. The third-order valence-corrected chi connectivity index (χ3v) is 11.8. The molecule has 0 amide bonds. The second-order valence-corrected chi connectivity index (χ2v) is 14.5. The smallest absolute Gasteiger partial charge is 0.0587 e. The lowest BCUT2D eigenvalue weighted by atomic mass is 9.96. The summed E-state index contributed by atoms with van der Waals surface area (Å²) in [4.78, 5) is 4.63. The molecule has 3 aliphatic rings. The van der Waals surface area contributed by atoms with Crippen molar-refractivity contribution >= 4 is 34.0 Å². The molecule has 1 unspecified atom stereocenters. The van der Waals surface area contributed by atoms with Crippen molar-refractivity contribution in [2.24, 2.45) is 0 Å². The van der Waals surface area contributed by atoms with Crippen LogP contribution in [0.15, 0.2) is 125 Å². The third-order valence-electron chi connectivity index (χ3n) is 8.77. The molecular formula is C39H39N3S3. The molecule has 0 saturated carbocycles. The van der Waals surface area contributed by atoms with Gasteiger partial charge in [0.2, 0.25) is 0 Å². The van der Waals surface area contributed by atoms with E-state index in [1.165, 1.54) is 52.6 Å². The van der Waals surface area contributed by atoms with Crippen LogP contribution in [0, 0.1) is 0 Å². The second kappa shape index (κ2) is 14.8. The lowest BCUT2D eigenvalue weighted by molar-refractivity contribution is 0.575. The van der Waals surface area contributed by atoms with Gasteiger partial charge in [-0.2, -0.15) is 0 Å². The molecule has 0 fully saturated rings. The summed E-state index contributed by atoms with van der Waals surface area (Å²) < 4.78 is 0. The van der Waals surface area contributed by atoms with Gasteiger partial charge in [0.05, 0.1) is 18.1 Å². The van der Waals surface area contributed by atoms with Crippen LogP contribution >= 0.6 is 34.0 Å². The van der Waals surface area contributed by atoms with Gasteiger partial charge in [-0.05, 0) is 87.0 Å². The number of rotatable bonds is 3. The number of nitrogens with one attached hydrogen (secondary N) is 3. The Bertz CT molecular complexity index is 1550. The number of thiophene rings is 3. The van der Waals surface area contributed by atoms with Gasteiger partial charge in [0.1, 0.15) is 0 Å². The van der Waals surface area contributed by atoms with Crippen LogP contribution in [-0.4, -0.2) is 19.6 Å². The molecule has 3 N–H and O–H groups in total. The van der Waals surface area contributed by atoms with Crippen LogP contribution in [0.1, 0.15) is 66.1 Å². The van der Waals surface area contributed by atoms with Crippen LogP contribution in [0.5, 0.6) is 0 Å². The Kier molecular flexibility index (Phi) is 9.98. The first-order valence-corrected chi connectivity index (χ1v) is 18.5. The van der Waals surface area contributed by atoms with E-state index in [0.29, 0.717) is 18.1 Å². The standard InChI is InChI=1S/3C13H13NS/c3*1-2-4-10(5-3-1)13-11-7-9-15-12(11)6-8-14-13/h3*1-5,7,9,13-14H,6,8H2/t2*13-;/m10./s1. The van der Waals surface area contributed by atoms with Crippen molar-refractivity contribution in [3.63, 3.8) is 0 Å². The van der Waals surface area contributed by atoms with Crippen LogP contribution in [0.25, 0.3) is 0 Å². The molecular weight excluding hydrogens is 607 g/mol. The quantitative estimate of drug-likeness (QED) is 0.180. The first-order valence-electron chi connectivity index (χ1n) is 15.9. The van der Waals surface area contributed by atoms with Crippen molar-refractivity contribution in [1.29, 1.82) is 0 Å². The number of hydrogen-bond donors (Lipinski definition) is 3. The Hall–Kier alpha value is -3.36. The maximum Gasteiger partial charge on any atom is 0.0587 e. The highest BCUT2D eigenvalue weighted by Crippen LogP contribution is 2.33. The Balaban J connectivity index is 0.000000108. The Morgan fingerprint density at radius 2 is 0.667 bits per heavy atom. The van der Waals surface area contributed by atoms with E-state index in [9.17, 15) is 0 Å². The average molecular weight is 646 g/mol. The highest BCUT2D eigenvalue weighted by Gasteiger charge is 2.23. The average Bonchev–Trinajstić information content (AvgIpc) is 3.91. The van der Waals surface area contributed by atoms with Crippen LogP contribution in [0.2, 0.25) is 0 Å². The molecule has 6 heterocycles. The molecule has 6 aromatic rings. The zero-order valence-corrected chi connectivity index (χ0v) is 27.8. The zero-order chi connectivity index (χ0) is 30.3. The fourth-order valence-corrected chi connectivity index (χ4v) is 9.34. The molecule has 6 heteroatoms. The molecule has 3 aromatic carbocycles. The topological polar surface area (TPSA) is 36.1 Å². The van der Waals surface area contributed by atoms with Gasteiger partial charge in [0, 0.05) is 34.3 Å². The van der Waals surface area contributed by atoms with Crippen molar-refractivity contribution < 1.29 is 0 Å². The summed E-state index contributed by atoms with van der Waals surface area (Å²) in [6.07, 6.45) is 3.53. The molecule has 0 bridgehead atoms. The SMILES string of the molecule is c1ccc(C2NCCc3sccc32)cc1.c1ccc([C@@H]2NCCc3sccc32)cc1.c1ccc([C@H]2NCCc3sccc32)cc1. The van der Waals surface area contributed by atoms with E-state index in [-0.39, 0.29) is 0 Å². The first-order chi connectivity index (χ1) is 22.3. The van der Waals surface area contributed by atoms with E-state index < -0.39 is 0 Å². The number of fused-ring (bicyclic) bond motifs is 3. The van der Waals surface area contributed by atoms with E-state index in [4.69, 9.17) is 0 Å². The predicted molar refractivity (Wildman–Crippen MR) is 193 cm³/mol. The summed E-state index contributed by atoms with van der Waals surface area (Å²) >= 11 is 5.65. The first kappa shape index (κ1) is 30.3. The van der Waals surface area contributed by atoms with Gasteiger partial charge in [-0.15, -0.1) is 34.0 Å². The van der Waals surface area contributed by atoms with Gasteiger partial charge in [-0.25, -0.2) is 0 Å². The summed E-state index contributed by atoms with van der Waals surface area (Å²) in [5.41, 5.74) is 8.53. The summed E-state index contributed by atoms with van der Waals surface area (Å²) in [7, 11) is 0. The fraction of sp³-hybridized carbons (Fsp3) is 0.231. The van der Waals surface area contributed by atoms with Gasteiger partial charge in [0.25, 0.3) is 0 Å². The van der Waals surface area contributed by atoms with Crippen molar-refractivity contribution in [3.05, 3.63) is 173 Å². The summed E-state index contributed by atoms with van der Waals surface area (Å²) in [6.45, 7) is 3.27. The molecule has 3 aromatic heterocycles. The van der Waals surface area contributed by atoms with Crippen molar-refractivity contribution in [2.75, 3.05) is 19.6 Å². The predicted octanol–water partition coefficient (Wildman–Crippen LogP) is 8.95. The lowest BCUT2D eigenvalue weighted by Gasteiger charge is -2.24. The van der Waals surface area contributed by atoms with Crippen LogP contribution in [0.4, 0.5) is 0 Å². The minimum absolute atomic E-state index is 0.404. The number of hydrogen-bond acceptors (Lipinski definition) is 6. The van der Waals surface area contributed by atoms with E-state index in [1.807, 2.05) is 34.0 Å². The van der Waals surface area contributed by atoms with Gasteiger partial charge in [-0.3, -0.25) is 0 Å². The Labute approximate surface area is 279 Å². The molecule has 0 radical (unpaired) electrons. The van der Waals surface area contributed by atoms with E-state index in [1.54, 1.807) is 14.6 Å². The van der Waals surface area contributed by atoms with E-state index in [0.717, 1.165) is 19.6 Å². The molecule has 9 rings (SSSR count). The molecule has 45 heavy (non-hydrogen) atoms. The van der Waals surface area contributed by atoms with Crippen molar-refractivity contribution in [1.82, 2.24) is 16.0 Å². The van der Waals surface area contributed by atoms with Crippen LogP contribution in [-0.2, 0) is 19.3 Å². The van der Waals surface area contributed by atoms with Gasteiger partial charge < -0.3 is 16.0 Å². The normalized spacial score (nSPS) is 19.9. The zero-order valence-electron chi connectivity index (χ0n) is 25.3. The molecule has 0 aliphatic carbocycles. The van der Waals surface area contributed by atoms with Crippen LogP contribution in [0.3, 0.4) is 0 Å². The van der Waals surface area contributed by atoms with Crippen molar-refractivity contribution in [3.8, 4) is 0 Å². The molecule has 0 spiro atoms. The van der Waals surface area contributed by atoms with E-state index >= 15 is 0 Å².